The molecule has 1 aromatic heterocycles. The predicted molar refractivity (Wildman–Crippen MR) is 73.8 cm³/mol. The molecule has 20 heavy (non-hydrogen) atoms. The lowest BCUT2D eigenvalue weighted by Crippen LogP contribution is -2.63. The number of nitrogens with one attached hydrogen (secondary N) is 1. The third kappa shape index (κ3) is 2.53. The van der Waals surface area contributed by atoms with Gasteiger partial charge in [-0.1, -0.05) is 6.07 Å². The van der Waals surface area contributed by atoms with Crippen molar-refractivity contribution >= 4 is 11.8 Å². The molecular weight excluding hydrogens is 254 g/mol. The van der Waals surface area contributed by atoms with Gasteiger partial charge < -0.3 is 10.2 Å². The van der Waals surface area contributed by atoms with Crippen LogP contribution in [0.15, 0.2) is 24.4 Å². The van der Waals surface area contributed by atoms with Gasteiger partial charge in [0, 0.05) is 24.9 Å². The van der Waals surface area contributed by atoms with Crippen LogP contribution >= 0.6 is 0 Å². The maximum atomic E-state index is 12.5. The fraction of sp³-hybridized carbons (Fsp3) is 0.533. The fourth-order valence-electron chi connectivity index (χ4n) is 2.68. The van der Waals surface area contributed by atoms with Gasteiger partial charge in [-0.15, -0.1) is 0 Å². The molecule has 3 rings (SSSR count). The molecule has 0 bridgehead atoms. The first-order valence-electron chi connectivity index (χ1n) is 7.17. The van der Waals surface area contributed by atoms with Crippen molar-refractivity contribution < 1.29 is 9.59 Å². The molecule has 2 heterocycles. The van der Waals surface area contributed by atoms with Crippen LogP contribution in [0.2, 0.25) is 0 Å². The topological polar surface area (TPSA) is 62.3 Å². The van der Waals surface area contributed by atoms with Gasteiger partial charge in [0.15, 0.2) is 0 Å². The SMILES string of the molecule is CC1C(=O)NC(C2CC2)C(=O)N1CCc1ccccn1. The van der Waals surface area contributed by atoms with Crippen LogP contribution in [0.5, 0.6) is 0 Å². The zero-order valence-electron chi connectivity index (χ0n) is 11.6. The zero-order valence-corrected chi connectivity index (χ0v) is 11.6. The number of carbonyl (C=O) groups excluding carboxylic acids is 2. The number of pyridine rings is 1. The smallest absolute Gasteiger partial charge is 0.246 e. The third-order valence-electron chi connectivity index (χ3n) is 4.12. The summed E-state index contributed by atoms with van der Waals surface area (Å²) in [4.78, 5) is 30.4. The lowest BCUT2D eigenvalue weighted by molar-refractivity contribution is -0.149. The van der Waals surface area contributed by atoms with E-state index in [0.29, 0.717) is 18.9 Å². The molecule has 2 fully saturated rings. The second-order valence-corrected chi connectivity index (χ2v) is 5.60. The van der Waals surface area contributed by atoms with Crippen molar-refractivity contribution in [3.8, 4) is 0 Å². The highest BCUT2D eigenvalue weighted by molar-refractivity contribution is 5.97. The lowest BCUT2D eigenvalue weighted by Gasteiger charge is -2.37. The maximum Gasteiger partial charge on any atom is 0.246 e. The Morgan fingerprint density at radius 2 is 2.15 bits per heavy atom. The van der Waals surface area contributed by atoms with Crippen LogP contribution in [-0.4, -0.2) is 40.3 Å². The Morgan fingerprint density at radius 3 is 2.80 bits per heavy atom. The molecular formula is C15H19N3O2. The number of piperazine rings is 1. The van der Waals surface area contributed by atoms with Gasteiger partial charge in [0.1, 0.15) is 12.1 Å². The molecule has 5 heteroatoms. The molecule has 1 N–H and O–H groups in total. The Bertz CT molecular complexity index is 513. The van der Waals surface area contributed by atoms with E-state index in [1.54, 1.807) is 18.0 Å². The lowest BCUT2D eigenvalue weighted by atomic mass is 10.0. The van der Waals surface area contributed by atoms with E-state index in [-0.39, 0.29) is 23.9 Å². The Hall–Kier alpha value is -1.91. The fourth-order valence-corrected chi connectivity index (χ4v) is 2.68. The van der Waals surface area contributed by atoms with Crippen molar-refractivity contribution in [3.05, 3.63) is 30.1 Å². The van der Waals surface area contributed by atoms with Gasteiger partial charge >= 0.3 is 0 Å². The Kier molecular flexibility index (Phi) is 3.42. The van der Waals surface area contributed by atoms with Crippen molar-refractivity contribution in [2.75, 3.05) is 6.54 Å². The van der Waals surface area contributed by atoms with Crippen molar-refractivity contribution in [1.82, 2.24) is 15.2 Å². The summed E-state index contributed by atoms with van der Waals surface area (Å²) in [6.07, 6.45) is 4.51. The number of nitrogens with zero attached hydrogens (tertiary/aromatic N) is 2. The average Bonchev–Trinajstić information content (AvgIpc) is 3.28. The van der Waals surface area contributed by atoms with Gasteiger partial charge in [-0.05, 0) is 37.8 Å². The minimum atomic E-state index is -0.388. The summed E-state index contributed by atoms with van der Waals surface area (Å²) in [5, 5.41) is 2.86. The zero-order chi connectivity index (χ0) is 14.1. The van der Waals surface area contributed by atoms with Crippen LogP contribution in [0.25, 0.3) is 0 Å². The Balaban J connectivity index is 1.69. The number of amides is 2. The molecule has 0 radical (unpaired) electrons. The minimum absolute atomic E-state index is 0.0393. The second-order valence-electron chi connectivity index (χ2n) is 5.60. The number of carbonyl (C=O) groups is 2. The highest BCUT2D eigenvalue weighted by atomic mass is 16.2. The summed E-state index contributed by atoms with van der Waals surface area (Å²) < 4.78 is 0. The molecule has 2 atom stereocenters. The predicted octanol–water partition coefficient (Wildman–Crippen LogP) is 0.750. The van der Waals surface area contributed by atoms with Crippen molar-refractivity contribution in [3.63, 3.8) is 0 Å². The molecule has 0 aromatic carbocycles. The van der Waals surface area contributed by atoms with E-state index in [1.807, 2.05) is 18.2 Å². The van der Waals surface area contributed by atoms with Gasteiger partial charge in [0.2, 0.25) is 11.8 Å². The summed E-state index contributed by atoms with van der Waals surface area (Å²) in [6.45, 7) is 2.34. The molecule has 5 nitrogen and oxygen atoms in total. The standard InChI is InChI=1S/C15H19N3O2/c1-10-14(19)17-13(11-5-6-11)15(20)18(10)9-7-12-4-2-3-8-16-12/h2-4,8,10-11,13H,5-7,9H2,1H3,(H,17,19). The van der Waals surface area contributed by atoms with Gasteiger partial charge in [-0.2, -0.15) is 0 Å². The number of rotatable bonds is 4. The number of hydrogen-bond donors (Lipinski definition) is 1. The van der Waals surface area contributed by atoms with Crippen LogP contribution < -0.4 is 5.32 Å². The molecule has 1 aromatic rings. The maximum absolute atomic E-state index is 12.5. The summed E-state index contributed by atoms with van der Waals surface area (Å²) in [7, 11) is 0. The molecule has 2 aliphatic rings. The van der Waals surface area contributed by atoms with Crippen LogP contribution in [0, 0.1) is 5.92 Å². The van der Waals surface area contributed by atoms with E-state index in [9.17, 15) is 9.59 Å². The largest absolute Gasteiger partial charge is 0.342 e. The molecule has 1 saturated heterocycles. The monoisotopic (exact) mass is 273 g/mol. The van der Waals surface area contributed by atoms with E-state index in [1.165, 1.54) is 0 Å². The first-order chi connectivity index (χ1) is 9.66. The van der Waals surface area contributed by atoms with Crippen molar-refractivity contribution in [1.29, 1.82) is 0 Å². The van der Waals surface area contributed by atoms with Gasteiger partial charge in [0.25, 0.3) is 0 Å². The highest BCUT2D eigenvalue weighted by Gasteiger charge is 2.45. The second kappa shape index (κ2) is 5.23. The third-order valence-corrected chi connectivity index (χ3v) is 4.12. The number of hydrogen-bond acceptors (Lipinski definition) is 3. The van der Waals surface area contributed by atoms with Crippen LogP contribution in [0.4, 0.5) is 0 Å². The number of aromatic nitrogens is 1. The summed E-state index contributed by atoms with van der Waals surface area (Å²) in [5.41, 5.74) is 0.946. The molecule has 2 unspecified atom stereocenters. The average molecular weight is 273 g/mol. The molecule has 1 saturated carbocycles. The first kappa shape index (κ1) is 13.1. The summed E-state index contributed by atoms with van der Waals surface area (Å²) in [6, 6.07) is 5.05. The molecule has 1 aliphatic heterocycles. The molecule has 0 spiro atoms. The normalized spacial score (nSPS) is 26.6. The van der Waals surface area contributed by atoms with E-state index in [0.717, 1.165) is 18.5 Å². The molecule has 106 valence electrons. The van der Waals surface area contributed by atoms with Gasteiger partial charge in [-0.25, -0.2) is 0 Å². The van der Waals surface area contributed by atoms with Crippen LogP contribution in [-0.2, 0) is 16.0 Å². The Labute approximate surface area is 118 Å². The van der Waals surface area contributed by atoms with E-state index in [4.69, 9.17) is 0 Å². The van der Waals surface area contributed by atoms with Gasteiger partial charge in [0.05, 0.1) is 0 Å². The summed E-state index contributed by atoms with van der Waals surface area (Å²) >= 11 is 0. The van der Waals surface area contributed by atoms with E-state index in [2.05, 4.69) is 10.3 Å². The summed E-state index contributed by atoms with van der Waals surface area (Å²) in [5.74, 6) is 0.370. The Morgan fingerprint density at radius 1 is 1.35 bits per heavy atom. The van der Waals surface area contributed by atoms with Gasteiger partial charge in [-0.3, -0.25) is 14.6 Å². The van der Waals surface area contributed by atoms with E-state index >= 15 is 0 Å². The van der Waals surface area contributed by atoms with Crippen molar-refractivity contribution in [2.24, 2.45) is 5.92 Å². The van der Waals surface area contributed by atoms with Crippen LogP contribution in [0.1, 0.15) is 25.5 Å². The quantitative estimate of drug-likeness (QED) is 0.880. The van der Waals surface area contributed by atoms with Crippen molar-refractivity contribution in [2.45, 2.75) is 38.3 Å². The van der Waals surface area contributed by atoms with E-state index < -0.39 is 0 Å². The van der Waals surface area contributed by atoms with Crippen LogP contribution in [0.3, 0.4) is 0 Å². The molecule has 1 aliphatic carbocycles. The first-order valence-corrected chi connectivity index (χ1v) is 7.17. The molecule has 2 amide bonds. The minimum Gasteiger partial charge on any atom is -0.342 e. The highest BCUT2D eigenvalue weighted by Crippen LogP contribution is 2.35.